The number of benzene rings is 1. The standard InChI is InChI=1S/C28H40ClNO3/c1-18(2)23-17-30(22-9-7-8-20(14-22)26(32)33)25(31)16-28(23,6)21-11-10-19(24(29)15-21)12-13-27(3,4)5/h10-11,15,17-18,20,22H,7-9,12-14,16H2,1-6H3,(H,32,33)/t20?,22?,28-/m0/s1. The number of rotatable bonds is 6. The predicted molar refractivity (Wildman–Crippen MR) is 134 cm³/mol. The highest BCUT2D eigenvalue weighted by atomic mass is 35.5. The van der Waals surface area contributed by atoms with Gasteiger partial charge in [-0.3, -0.25) is 9.59 Å². The highest BCUT2D eigenvalue weighted by Gasteiger charge is 2.43. The van der Waals surface area contributed by atoms with Crippen LogP contribution in [0.3, 0.4) is 0 Å². The normalized spacial score (nSPS) is 26.5. The monoisotopic (exact) mass is 473 g/mol. The van der Waals surface area contributed by atoms with Crippen LogP contribution >= 0.6 is 11.6 Å². The summed E-state index contributed by atoms with van der Waals surface area (Å²) in [5.41, 5.74) is 3.26. The highest BCUT2D eigenvalue weighted by Crippen LogP contribution is 2.45. The molecule has 182 valence electrons. The largest absolute Gasteiger partial charge is 0.481 e. The number of allylic oxidation sites excluding steroid dienone is 1. The summed E-state index contributed by atoms with van der Waals surface area (Å²) in [5, 5.41) is 10.3. The van der Waals surface area contributed by atoms with Crippen molar-refractivity contribution >= 4 is 23.5 Å². The summed E-state index contributed by atoms with van der Waals surface area (Å²) in [5.74, 6) is -0.780. The Balaban J connectivity index is 1.91. The summed E-state index contributed by atoms with van der Waals surface area (Å²) in [6, 6.07) is 6.29. The van der Waals surface area contributed by atoms with Crippen molar-refractivity contribution in [1.29, 1.82) is 0 Å². The van der Waals surface area contributed by atoms with Crippen molar-refractivity contribution in [2.24, 2.45) is 17.3 Å². The fraction of sp³-hybridized carbons (Fsp3) is 0.643. The number of aliphatic carboxylic acids is 1. The molecule has 1 aliphatic carbocycles. The van der Waals surface area contributed by atoms with Crippen molar-refractivity contribution < 1.29 is 14.7 Å². The third-order valence-electron chi connectivity index (χ3n) is 7.55. The number of carbonyl (C=O) groups excluding carboxylic acids is 1. The van der Waals surface area contributed by atoms with Crippen LogP contribution in [0.1, 0.15) is 91.2 Å². The zero-order valence-electron chi connectivity index (χ0n) is 21.1. The zero-order valence-corrected chi connectivity index (χ0v) is 21.8. The number of amides is 1. The van der Waals surface area contributed by atoms with Crippen LogP contribution in [0.15, 0.2) is 30.0 Å². The lowest BCUT2D eigenvalue weighted by atomic mass is 9.67. The maximum absolute atomic E-state index is 13.4. The van der Waals surface area contributed by atoms with Gasteiger partial charge in [-0.1, -0.05) is 71.7 Å². The maximum atomic E-state index is 13.4. The molecule has 3 rings (SSSR count). The van der Waals surface area contributed by atoms with Gasteiger partial charge in [-0.25, -0.2) is 0 Å². The second-order valence-corrected chi connectivity index (χ2v) is 12.2. The van der Waals surface area contributed by atoms with E-state index in [1.54, 1.807) is 0 Å². The van der Waals surface area contributed by atoms with Crippen LogP contribution in [0.4, 0.5) is 0 Å². The predicted octanol–water partition coefficient (Wildman–Crippen LogP) is 6.99. The van der Waals surface area contributed by atoms with E-state index in [1.165, 1.54) is 5.57 Å². The molecule has 2 aliphatic rings. The van der Waals surface area contributed by atoms with Crippen LogP contribution in [0, 0.1) is 17.3 Å². The Kier molecular flexibility index (Phi) is 7.68. The lowest BCUT2D eigenvalue weighted by molar-refractivity contribution is -0.145. The highest BCUT2D eigenvalue weighted by molar-refractivity contribution is 6.31. The van der Waals surface area contributed by atoms with Crippen molar-refractivity contribution in [3.63, 3.8) is 0 Å². The van der Waals surface area contributed by atoms with Crippen molar-refractivity contribution in [1.82, 2.24) is 4.90 Å². The average Bonchev–Trinajstić information content (AvgIpc) is 2.72. The van der Waals surface area contributed by atoms with Crippen molar-refractivity contribution in [3.8, 4) is 0 Å². The summed E-state index contributed by atoms with van der Waals surface area (Å²) < 4.78 is 0. The first-order valence-corrected chi connectivity index (χ1v) is 12.7. The van der Waals surface area contributed by atoms with Crippen LogP contribution in [0.25, 0.3) is 0 Å². The molecule has 0 radical (unpaired) electrons. The van der Waals surface area contributed by atoms with E-state index in [1.807, 2.05) is 11.1 Å². The molecule has 1 aliphatic heterocycles. The van der Waals surface area contributed by atoms with Gasteiger partial charge in [-0.2, -0.15) is 0 Å². The van der Waals surface area contributed by atoms with Gasteiger partial charge in [0.15, 0.2) is 0 Å². The Morgan fingerprint density at radius 1 is 1.27 bits per heavy atom. The molecule has 1 saturated carbocycles. The van der Waals surface area contributed by atoms with Gasteiger partial charge in [0.1, 0.15) is 0 Å². The molecule has 4 nitrogen and oxygen atoms in total. The average molecular weight is 474 g/mol. The van der Waals surface area contributed by atoms with Gasteiger partial charge in [0.2, 0.25) is 5.91 Å². The molecule has 1 aromatic carbocycles. The first-order valence-electron chi connectivity index (χ1n) is 12.4. The molecule has 2 unspecified atom stereocenters. The topological polar surface area (TPSA) is 57.6 Å². The van der Waals surface area contributed by atoms with E-state index >= 15 is 0 Å². The molecule has 3 atom stereocenters. The SMILES string of the molecule is CC(C)C1=CN(C2CCCC(C(=O)O)C2)C(=O)C[C@@]1(C)c1ccc(CCC(C)(C)C)c(Cl)c1. The van der Waals surface area contributed by atoms with Crippen LogP contribution in [0.5, 0.6) is 0 Å². The molecule has 1 heterocycles. The second-order valence-electron chi connectivity index (χ2n) is 11.8. The number of aryl methyl sites for hydroxylation is 1. The van der Waals surface area contributed by atoms with Crippen LogP contribution in [-0.2, 0) is 21.4 Å². The Morgan fingerprint density at radius 3 is 2.55 bits per heavy atom. The quantitative estimate of drug-likeness (QED) is 0.484. The lowest BCUT2D eigenvalue weighted by Gasteiger charge is -2.44. The van der Waals surface area contributed by atoms with Gasteiger partial charge in [-0.05, 0) is 66.2 Å². The third kappa shape index (κ3) is 5.82. The van der Waals surface area contributed by atoms with Gasteiger partial charge in [0, 0.05) is 29.1 Å². The Hall–Kier alpha value is -1.81. The molecule has 0 saturated heterocycles. The number of hydrogen-bond acceptors (Lipinski definition) is 2. The molecular formula is C28H40ClNO3. The fourth-order valence-corrected chi connectivity index (χ4v) is 5.74. The molecule has 33 heavy (non-hydrogen) atoms. The summed E-state index contributed by atoms with van der Waals surface area (Å²) in [4.78, 5) is 26.8. The number of carboxylic acid groups (broad SMARTS) is 1. The molecule has 0 aromatic heterocycles. The first-order chi connectivity index (χ1) is 15.3. The molecule has 1 amide bonds. The number of halogens is 1. The van der Waals surface area contributed by atoms with Crippen molar-refractivity contribution in [3.05, 3.63) is 46.1 Å². The van der Waals surface area contributed by atoms with Crippen LogP contribution in [-0.4, -0.2) is 27.9 Å². The molecule has 1 aromatic rings. The first kappa shape index (κ1) is 25.8. The van der Waals surface area contributed by atoms with Gasteiger partial charge < -0.3 is 10.0 Å². The van der Waals surface area contributed by atoms with E-state index in [-0.39, 0.29) is 29.2 Å². The zero-order chi connectivity index (χ0) is 24.6. The molecule has 0 spiro atoms. The van der Waals surface area contributed by atoms with Crippen molar-refractivity contribution in [2.45, 2.75) is 97.9 Å². The van der Waals surface area contributed by atoms with E-state index in [2.05, 4.69) is 59.7 Å². The van der Waals surface area contributed by atoms with E-state index in [4.69, 9.17) is 11.6 Å². The molecule has 0 bridgehead atoms. The molecule has 1 fully saturated rings. The van der Waals surface area contributed by atoms with E-state index in [0.29, 0.717) is 19.3 Å². The minimum atomic E-state index is -0.747. The van der Waals surface area contributed by atoms with E-state index < -0.39 is 11.4 Å². The lowest BCUT2D eigenvalue weighted by Crippen LogP contribution is -2.48. The number of hydrogen-bond donors (Lipinski definition) is 1. The smallest absolute Gasteiger partial charge is 0.306 e. The van der Waals surface area contributed by atoms with Gasteiger partial charge in [0.25, 0.3) is 0 Å². The number of carboxylic acids is 1. The Labute approximate surface area is 204 Å². The van der Waals surface area contributed by atoms with Crippen molar-refractivity contribution in [2.75, 3.05) is 0 Å². The summed E-state index contributed by atoms with van der Waals surface area (Å²) >= 11 is 6.73. The summed E-state index contributed by atoms with van der Waals surface area (Å²) in [7, 11) is 0. The van der Waals surface area contributed by atoms with Crippen LogP contribution in [0.2, 0.25) is 5.02 Å². The number of nitrogens with zero attached hydrogens (tertiary/aromatic N) is 1. The number of carbonyl (C=O) groups is 2. The van der Waals surface area contributed by atoms with Gasteiger partial charge in [0.05, 0.1) is 5.92 Å². The minimum Gasteiger partial charge on any atom is -0.481 e. The maximum Gasteiger partial charge on any atom is 0.306 e. The summed E-state index contributed by atoms with van der Waals surface area (Å²) in [6.07, 6.45) is 7.36. The third-order valence-corrected chi connectivity index (χ3v) is 7.91. The second kappa shape index (κ2) is 9.82. The molecule has 1 N–H and O–H groups in total. The molecule has 5 heteroatoms. The minimum absolute atomic E-state index is 0.0333. The Bertz CT molecular complexity index is 930. The van der Waals surface area contributed by atoms with Crippen LogP contribution < -0.4 is 0 Å². The summed E-state index contributed by atoms with van der Waals surface area (Å²) in [6.45, 7) is 13.2. The van der Waals surface area contributed by atoms with Gasteiger partial charge >= 0.3 is 5.97 Å². The van der Waals surface area contributed by atoms with E-state index in [0.717, 1.165) is 41.8 Å². The molecular weight excluding hydrogens is 434 g/mol. The van der Waals surface area contributed by atoms with E-state index in [9.17, 15) is 14.7 Å². The van der Waals surface area contributed by atoms with Gasteiger partial charge in [-0.15, -0.1) is 0 Å². The Morgan fingerprint density at radius 2 is 1.97 bits per heavy atom. The fourth-order valence-electron chi connectivity index (χ4n) is 5.47.